The number of aliphatic hydroxyl groups is 3. The molecule has 6 heteroatoms. The molecule has 3 rings (SSSR count). The second kappa shape index (κ2) is 6.64. The number of carbonyl (C=O) groups excluding carboxylic acids is 1. The monoisotopic (exact) mass is 316 g/mol. The first-order chi connectivity index (χ1) is 11.1. The van der Waals surface area contributed by atoms with Gasteiger partial charge in [0.1, 0.15) is 0 Å². The second-order valence-electron chi connectivity index (χ2n) is 5.82. The minimum atomic E-state index is -1.04. The van der Waals surface area contributed by atoms with Crippen molar-refractivity contribution in [1.82, 2.24) is 10.6 Å². The van der Waals surface area contributed by atoms with Gasteiger partial charge >= 0.3 is 0 Å². The van der Waals surface area contributed by atoms with Gasteiger partial charge in [-0.2, -0.15) is 0 Å². The molecule has 0 unspecified atom stereocenters. The third kappa shape index (κ3) is 3.20. The molecule has 23 heavy (non-hydrogen) atoms. The SMILES string of the molecule is O=C(NC[C@H]1N[C@H](CO)[C@@H](O)[C@@H]1O)c1ccc2ccccc2c1. The Hall–Kier alpha value is -1.99. The number of nitrogens with one attached hydrogen (secondary N) is 2. The third-order valence-corrected chi connectivity index (χ3v) is 4.29. The molecule has 0 radical (unpaired) electrons. The van der Waals surface area contributed by atoms with Crippen molar-refractivity contribution in [3.05, 3.63) is 48.0 Å². The molecule has 0 bridgehead atoms. The van der Waals surface area contributed by atoms with Crippen LogP contribution >= 0.6 is 0 Å². The van der Waals surface area contributed by atoms with Crippen LogP contribution in [-0.2, 0) is 0 Å². The van der Waals surface area contributed by atoms with Crippen molar-refractivity contribution in [2.24, 2.45) is 0 Å². The van der Waals surface area contributed by atoms with E-state index in [-0.39, 0.29) is 19.1 Å². The van der Waals surface area contributed by atoms with E-state index < -0.39 is 24.3 Å². The summed E-state index contributed by atoms with van der Waals surface area (Å²) >= 11 is 0. The fourth-order valence-corrected chi connectivity index (χ4v) is 2.92. The molecule has 5 N–H and O–H groups in total. The number of fused-ring (bicyclic) bond motifs is 1. The Morgan fingerprint density at radius 1 is 1.04 bits per heavy atom. The molecule has 2 aromatic rings. The van der Waals surface area contributed by atoms with Gasteiger partial charge in [-0.25, -0.2) is 0 Å². The van der Waals surface area contributed by atoms with Gasteiger partial charge in [-0.05, 0) is 22.9 Å². The highest BCUT2D eigenvalue weighted by Gasteiger charge is 2.40. The van der Waals surface area contributed by atoms with Gasteiger partial charge in [0.2, 0.25) is 0 Å². The van der Waals surface area contributed by atoms with Gasteiger partial charge in [0.15, 0.2) is 0 Å². The molecule has 0 spiro atoms. The Bertz CT molecular complexity index is 706. The third-order valence-electron chi connectivity index (χ3n) is 4.29. The van der Waals surface area contributed by atoms with Gasteiger partial charge in [0.05, 0.1) is 30.9 Å². The number of amides is 1. The summed E-state index contributed by atoms with van der Waals surface area (Å²) in [6.07, 6.45) is -2.06. The van der Waals surface area contributed by atoms with Crippen LogP contribution in [0.2, 0.25) is 0 Å². The average molecular weight is 316 g/mol. The van der Waals surface area contributed by atoms with Crippen molar-refractivity contribution in [2.75, 3.05) is 13.2 Å². The molecule has 1 fully saturated rings. The van der Waals surface area contributed by atoms with Crippen LogP contribution in [0.25, 0.3) is 10.8 Å². The van der Waals surface area contributed by atoms with Gasteiger partial charge < -0.3 is 26.0 Å². The van der Waals surface area contributed by atoms with E-state index in [2.05, 4.69) is 10.6 Å². The molecule has 1 amide bonds. The van der Waals surface area contributed by atoms with Crippen LogP contribution in [0.1, 0.15) is 10.4 Å². The van der Waals surface area contributed by atoms with Gasteiger partial charge in [0.25, 0.3) is 5.91 Å². The molecule has 0 saturated carbocycles. The van der Waals surface area contributed by atoms with Crippen molar-refractivity contribution in [3.63, 3.8) is 0 Å². The summed E-state index contributed by atoms with van der Waals surface area (Å²) in [5, 5.41) is 36.5. The van der Waals surface area contributed by atoms with Crippen LogP contribution in [0, 0.1) is 0 Å². The fourth-order valence-electron chi connectivity index (χ4n) is 2.92. The number of hydrogen-bond acceptors (Lipinski definition) is 5. The molecule has 1 heterocycles. The van der Waals surface area contributed by atoms with E-state index in [0.717, 1.165) is 10.8 Å². The molecule has 1 aliphatic heterocycles. The fraction of sp³-hybridized carbons (Fsp3) is 0.353. The highest BCUT2D eigenvalue weighted by Crippen LogP contribution is 2.16. The molecule has 4 atom stereocenters. The van der Waals surface area contributed by atoms with Crippen molar-refractivity contribution in [2.45, 2.75) is 24.3 Å². The highest BCUT2D eigenvalue weighted by molar-refractivity contribution is 5.98. The quantitative estimate of drug-likeness (QED) is 0.529. The zero-order chi connectivity index (χ0) is 16.4. The summed E-state index contributed by atoms with van der Waals surface area (Å²) in [7, 11) is 0. The van der Waals surface area contributed by atoms with Crippen LogP contribution in [0.3, 0.4) is 0 Å². The Labute approximate surface area is 133 Å². The summed E-state index contributed by atoms with van der Waals surface area (Å²) in [5.74, 6) is -0.244. The maximum atomic E-state index is 12.3. The van der Waals surface area contributed by atoms with Crippen molar-refractivity contribution in [1.29, 1.82) is 0 Å². The molecule has 2 aromatic carbocycles. The van der Waals surface area contributed by atoms with E-state index in [1.807, 2.05) is 36.4 Å². The van der Waals surface area contributed by atoms with E-state index in [9.17, 15) is 15.0 Å². The first-order valence-corrected chi connectivity index (χ1v) is 7.60. The number of hydrogen-bond donors (Lipinski definition) is 5. The highest BCUT2D eigenvalue weighted by atomic mass is 16.3. The minimum Gasteiger partial charge on any atom is -0.395 e. The van der Waals surface area contributed by atoms with Gasteiger partial charge in [0, 0.05) is 12.1 Å². The predicted molar refractivity (Wildman–Crippen MR) is 86.1 cm³/mol. The Morgan fingerprint density at radius 3 is 2.43 bits per heavy atom. The summed E-state index contributed by atoms with van der Waals surface area (Å²) in [5.41, 5.74) is 0.537. The number of rotatable bonds is 4. The maximum Gasteiger partial charge on any atom is 0.251 e. The lowest BCUT2D eigenvalue weighted by molar-refractivity contribution is 0.0197. The number of aliphatic hydroxyl groups excluding tert-OH is 3. The van der Waals surface area contributed by atoms with Crippen molar-refractivity contribution < 1.29 is 20.1 Å². The van der Waals surface area contributed by atoms with Crippen molar-refractivity contribution in [3.8, 4) is 0 Å². The molecule has 122 valence electrons. The second-order valence-corrected chi connectivity index (χ2v) is 5.82. The lowest BCUT2D eigenvalue weighted by atomic mass is 10.1. The van der Waals surface area contributed by atoms with Crippen LogP contribution in [0.4, 0.5) is 0 Å². The van der Waals surface area contributed by atoms with Gasteiger partial charge in [-0.1, -0.05) is 30.3 Å². The van der Waals surface area contributed by atoms with Gasteiger partial charge in [-0.15, -0.1) is 0 Å². The summed E-state index contributed by atoms with van der Waals surface area (Å²) in [6, 6.07) is 12.2. The summed E-state index contributed by atoms with van der Waals surface area (Å²) in [6.45, 7) is -0.103. The lowest BCUT2D eigenvalue weighted by Gasteiger charge is -2.16. The lowest BCUT2D eigenvalue weighted by Crippen LogP contribution is -2.44. The molecular weight excluding hydrogens is 296 g/mol. The zero-order valence-electron chi connectivity index (χ0n) is 12.5. The van der Waals surface area contributed by atoms with Gasteiger partial charge in [-0.3, -0.25) is 4.79 Å². The van der Waals surface area contributed by atoms with Crippen LogP contribution in [-0.4, -0.2) is 58.7 Å². The Kier molecular flexibility index (Phi) is 4.58. The smallest absolute Gasteiger partial charge is 0.251 e. The van der Waals surface area contributed by atoms with Crippen LogP contribution in [0.15, 0.2) is 42.5 Å². The predicted octanol–water partition coefficient (Wildman–Crippen LogP) is -0.376. The Morgan fingerprint density at radius 2 is 1.74 bits per heavy atom. The standard InChI is InChI=1S/C17H20N2O4/c20-9-14-16(22)15(21)13(19-14)8-18-17(23)12-6-5-10-3-1-2-4-11(10)7-12/h1-7,13-16,19-22H,8-9H2,(H,18,23)/t13-,14-,15-,16-/m1/s1. The molecular formula is C17H20N2O4. The largest absolute Gasteiger partial charge is 0.395 e. The van der Waals surface area contributed by atoms with Crippen molar-refractivity contribution >= 4 is 16.7 Å². The zero-order valence-corrected chi connectivity index (χ0v) is 12.5. The Balaban J connectivity index is 1.65. The van der Waals surface area contributed by atoms with Crippen LogP contribution < -0.4 is 10.6 Å². The molecule has 0 aromatic heterocycles. The molecule has 1 aliphatic rings. The molecule has 6 nitrogen and oxygen atoms in total. The summed E-state index contributed by atoms with van der Waals surface area (Å²) in [4.78, 5) is 12.3. The normalized spacial score (nSPS) is 27.3. The van der Waals surface area contributed by atoms with E-state index in [4.69, 9.17) is 5.11 Å². The first kappa shape index (κ1) is 15.9. The van der Waals surface area contributed by atoms with E-state index in [1.165, 1.54) is 0 Å². The summed E-state index contributed by atoms with van der Waals surface area (Å²) < 4.78 is 0. The maximum absolute atomic E-state index is 12.3. The average Bonchev–Trinajstić information content (AvgIpc) is 2.87. The number of carbonyl (C=O) groups is 1. The van der Waals surface area contributed by atoms with Crippen LogP contribution in [0.5, 0.6) is 0 Å². The molecule has 0 aliphatic carbocycles. The topological polar surface area (TPSA) is 102 Å². The molecule has 1 saturated heterocycles. The minimum absolute atomic E-state index is 0.167. The van der Waals surface area contributed by atoms with E-state index in [0.29, 0.717) is 5.56 Å². The van der Waals surface area contributed by atoms with E-state index >= 15 is 0 Å². The van der Waals surface area contributed by atoms with E-state index in [1.54, 1.807) is 6.07 Å². The first-order valence-electron chi connectivity index (χ1n) is 7.60. The number of benzene rings is 2.